The molecule has 1 aromatic rings. The third-order valence-corrected chi connectivity index (χ3v) is 2.82. The Morgan fingerprint density at radius 2 is 2.07 bits per heavy atom. The molecule has 1 N–H and O–H groups in total. The minimum absolute atomic E-state index is 0.0255. The number of aromatic nitrogens is 1. The van der Waals surface area contributed by atoms with Crippen molar-refractivity contribution in [3.8, 4) is 0 Å². The molecule has 0 bridgehead atoms. The van der Waals surface area contributed by atoms with Crippen molar-refractivity contribution in [1.29, 1.82) is 0 Å². The molecular weight excluding hydrogens is 186 g/mol. The van der Waals surface area contributed by atoms with Crippen LogP contribution in [-0.2, 0) is 12.0 Å². The van der Waals surface area contributed by atoms with Gasteiger partial charge in [0.05, 0.1) is 12.3 Å². The molecule has 1 aromatic heterocycles. The van der Waals surface area contributed by atoms with Crippen molar-refractivity contribution in [2.24, 2.45) is 0 Å². The molecule has 0 aliphatic carbocycles. The number of hydrogen-bond acceptors (Lipinski definition) is 2. The van der Waals surface area contributed by atoms with Crippen molar-refractivity contribution in [3.63, 3.8) is 0 Å². The van der Waals surface area contributed by atoms with Crippen molar-refractivity contribution < 1.29 is 5.11 Å². The number of rotatable bonds is 5. The zero-order valence-electron chi connectivity index (χ0n) is 9.95. The van der Waals surface area contributed by atoms with E-state index in [1.54, 1.807) is 0 Å². The first kappa shape index (κ1) is 12.2. The van der Waals surface area contributed by atoms with Gasteiger partial charge in [0.2, 0.25) is 0 Å². The van der Waals surface area contributed by atoms with Crippen LogP contribution in [0.3, 0.4) is 0 Å². The van der Waals surface area contributed by atoms with E-state index < -0.39 is 0 Å². The fraction of sp³-hybridized carbons (Fsp3) is 0.615. The zero-order chi connectivity index (χ0) is 11.3. The smallest absolute Gasteiger partial charge is 0.0853 e. The molecule has 15 heavy (non-hydrogen) atoms. The molecule has 0 radical (unpaired) electrons. The first-order chi connectivity index (χ1) is 7.10. The maximum atomic E-state index is 9.04. The molecule has 0 amide bonds. The molecule has 0 saturated carbocycles. The normalized spacial score (nSPS) is 11.7. The van der Waals surface area contributed by atoms with E-state index in [0.29, 0.717) is 0 Å². The zero-order valence-corrected chi connectivity index (χ0v) is 9.95. The molecule has 0 fully saturated rings. The van der Waals surface area contributed by atoms with Crippen molar-refractivity contribution in [1.82, 2.24) is 4.98 Å². The monoisotopic (exact) mass is 207 g/mol. The third-order valence-electron chi connectivity index (χ3n) is 2.82. The van der Waals surface area contributed by atoms with Crippen LogP contribution in [0.25, 0.3) is 0 Å². The Bertz CT molecular complexity index is 307. The summed E-state index contributed by atoms with van der Waals surface area (Å²) in [5.74, 6) is 0. The number of aliphatic hydroxyl groups is 1. The number of hydrogen-bond donors (Lipinski definition) is 1. The summed E-state index contributed by atoms with van der Waals surface area (Å²) in [7, 11) is 0. The van der Waals surface area contributed by atoms with Crippen LogP contribution in [0.15, 0.2) is 18.2 Å². The summed E-state index contributed by atoms with van der Waals surface area (Å²) >= 11 is 0. The van der Waals surface area contributed by atoms with Crippen LogP contribution in [0.2, 0.25) is 0 Å². The fourth-order valence-electron chi connectivity index (χ4n) is 1.69. The summed E-state index contributed by atoms with van der Waals surface area (Å²) in [5, 5.41) is 9.04. The van der Waals surface area contributed by atoms with Crippen molar-refractivity contribution in [3.05, 3.63) is 29.6 Å². The van der Waals surface area contributed by atoms with E-state index in [-0.39, 0.29) is 12.0 Å². The highest BCUT2D eigenvalue weighted by atomic mass is 16.3. The summed E-state index contributed by atoms with van der Waals surface area (Å²) in [6.45, 7) is 6.66. The van der Waals surface area contributed by atoms with Gasteiger partial charge in [-0.3, -0.25) is 4.98 Å². The highest BCUT2D eigenvalue weighted by Crippen LogP contribution is 2.27. The third kappa shape index (κ3) is 3.31. The van der Waals surface area contributed by atoms with E-state index in [2.05, 4.69) is 31.8 Å². The molecule has 0 aliphatic rings. The number of aliphatic hydroxyl groups excluding tert-OH is 1. The lowest BCUT2D eigenvalue weighted by molar-refractivity contribution is 0.275. The second kappa shape index (κ2) is 5.26. The summed E-state index contributed by atoms with van der Waals surface area (Å²) in [4.78, 5) is 4.47. The fourth-order valence-corrected chi connectivity index (χ4v) is 1.69. The minimum Gasteiger partial charge on any atom is -0.390 e. The number of unbranched alkanes of at least 4 members (excludes halogenated alkanes) is 1. The predicted molar refractivity (Wildman–Crippen MR) is 62.7 cm³/mol. The summed E-state index contributed by atoms with van der Waals surface area (Å²) in [6.07, 6.45) is 3.58. The first-order valence-corrected chi connectivity index (χ1v) is 5.67. The molecule has 0 atom stereocenters. The van der Waals surface area contributed by atoms with Gasteiger partial charge in [0.1, 0.15) is 0 Å². The van der Waals surface area contributed by atoms with E-state index >= 15 is 0 Å². The van der Waals surface area contributed by atoms with Crippen molar-refractivity contribution in [2.45, 2.75) is 52.1 Å². The predicted octanol–water partition coefficient (Wildman–Crippen LogP) is 3.04. The lowest BCUT2D eigenvalue weighted by Gasteiger charge is -2.24. The van der Waals surface area contributed by atoms with Gasteiger partial charge in [0.15, 0.2) is 0 Å². The van der Waals surface area contributed by atoms with Gasteiger partial charge in [-0.2, -0.15) is 0 Å². The number of pyridine rings is 1. The van der Waals surface area contributed by atoms with Gasteiger partial charge in [0.25, 0.3) is 0 Å². The minimum atomic E-state index is 0.0255. The van der Waals surface area contributed by atoms with Gasteiger partial charge in [-0.05, 0) is 18.6 Å². The molecule has 2 heteroatoms. The lowest BCUT2D eigenvalue weighted by atomic mass is 9.83. The SMILES string of the molecule is CCCCC(C)(C)c1cccc(CO)n1. The molecule has 1 heterocycles. The van der Waals surface area contributed by atoms with Crippen LogP contribution in [0.1, 0.15) is 51.4 Å². The van der Waals surface area contributed by atoms with E-state index in [4.69, 9.17) is 5.11 Å². The van der Waals surface area contributed by atoms with Crippen LogP contribution in [-0.4, -0.2) is 10.1 Å². The first-order valence-electron chi connectivity index (χ1n) is 5.67. The standard InChI is InChI=1S/C13H21NO/c1-4-5-9-13(2,3)12-8-6-7-11(10-15)14-12/h6-8,15H,4-5,9-10H2,1-3H3. The van der Waals surface area contributed by atoms with Gasteiger partial charge in [-0.1, -0.05) is 39.7 Å². The second-order valence-electron chi connectivity index (χ2n) is 4.66. The van der Waals surface area contributed by atoms with Crippen LogP contribution >= 0.6 is 0 Å². The van der Waals surface area contributed by atoms with Crippen molar-refractivity contribution >= 4 is 0 Å². The Kier molecular flexibility index (Phi) is 4.28. The highest BCUT2D eigenvalue weighted by Gasteiger charge is 2.21. The Hall–Kier alpha value is -0.890. The van der Waals surface area contributed by atoms with Crippen LogP contribution in [0, 0.1) is 0 Å². The number of nitrogens with zero attached hydrogens (tertiary/aromatic N) is 1. The van der Waals surface area contributed by atoms with Gasteiger partial charge in [0, 0.05) is 11.1 Å². The maximum absolute atomic E-state index is 9.04. The van der Waals surface area contributed by atoms with E-state index in [1.807, 2.05) is 12.1 Å². The summed E-state index contributed by atoms with van der Waals surface area (Å²) in [6, 6.07) is 5.88. The Balaban J connectivity index is 2.83. The van der Waals surface area contributed by atoms with Gasteiger partial charge in [-0.25, -0.2) is 0 Å². The van der Waals surface area contributed by atoms with Crippen molar-refractivity contribution in [2.75, 3.05) is 0 Å². The quantitative estimate of drug-likeness (QED) is 0.805. The molecule has 0 aromatic carbocycles. The molecule has 2 nitrogen and oxygen atoms in total. The molecule has 0 unspecified atom stereocenters. The molecular formula is C13H21NO. The van der Waals surface area contributed by atoms with E-state index in [0.717, 1.165) is 17.8 Å². The topological polar surface area (TPSA) is 33.1 Å². The highest BCUT2D eigenvalue weighted by molar-refractivity contribution is 5.18. The largest absolute Gasteiger partial charge is 0.390 e. The Morgan fingerprint density at radius 1 is 1.33 bits per heavy atom. The van der Waals surface area contributed by atoms with Crippen LogP contribution < -0.4 is 0 Å². The van der Waals surface area contributed by atoms with Gasteiger partial charge in [-0.15, -0.1) is 0 Å². The molecule has 0 saturated heterocycles. The van der Waals surface area contributed by atoms with Gasteiger partial charge >= 0.3 is 0 Å². The molecule has 0 aliphatic heterocycles. The van der Waals surface area contributed by atoms with Crippen LogP contribution in [0.4, 0.5) is 0 Å². The Labute approximate surface area is 92.4 Å². The molecule has 84 valence electrons. The Morgan fingerprint density at radius 3 is 2.67 bits per heavy atom. The average molecular weight is 207 g/mol. The molecule has 1 rings (SSSR count). The maximum Gasteiger partial charge on any atom is 0.0853 e. The average Bonchev–Trinajstić information content (AvgIpc) is 2.26. The van der Waals surface area contributed by atoms with E-state index in [9.17, 15) is 0 Å². The molecule has 0 spiro atoms. The van der Waals surface area contributed by atoms with E-state index in [1.165, 1.54) is 12.8 Å². The van der Waals surface area contributed by atoms with Crippen LogP contribution in [0.5, 0.6) is 0 Å². The summed E-state index contributed by atoms with van der Waals surface area (Å²) in [5.41, 5.74) is 1.96. The lowest BCUT2D eigenvalue weighted by Crippen LogP contribution is -2.19. The summed E-state index contributed by atoms with van der Waals surface area (Å²) < 4.78 is 0. The second-order valence-corrected chi connectivity index (χ2v) is 4.66. The van der Waals surface area contributed by atoms with Gasteiger partial charge < -0.3 is 5.11 Å².